The first-order valence-corrected chi connectivity index (χ1v) is 8.52. The van der Waals surface area contributed by atoms with Crippen LogP contribution in [0.25, 0.3) is 0 Å². The SMILES string of the molecule is CC(C)CN(CC(C)C)C(=O)C1CC2CCCCC2N1. The molecule has 1 saturated heterocycles. The normalized spacial score (nSPS) is 29.8. The van der Waals surface area contributed by atoms with Crippen molar-refractivity contribution in [2.45, 2.75) is 71.9 Å². The van der Waals surface area contributed by atoms with Crippen molar-refractivity contribution in [3.63, 3.8) is 0 Å². The Morgan fingerprint density at radius 2 is 1.70 bits per heavy atom. The van der Waals surface area contributed by atoms with Crippen molar-refractivity contribution < 1.29 is 4.79 Å². The summed E-state index contributed by atoms with van der Waals surface area (Å²) in [5, 5.41) is 3.63. The Morgan fingerprint density at radius 1 is 1.10 bits per heavy atom. The number of hydrogen-bond donors (Lipinski definition) is 1. The summed E-state index contributed by atoms with van der Waals surface area (Å²) < 4.78 is 0. The van der Waals surface area contributed by atoms with Crippen molar-refractivity contribution in [1.82, 2.24) is 10.2 Å². The lowest BCUT2D eigenvalue weighted by molar-refractivity contribution is -0.134. The minimum Gasteiger partial charge on any atom is -0.341 e. The van der Waals surface area contributed by atoms with Crippen molar-refractivity contribution in [2.24, 2.45) is 17.8 Å². The second-order valence-electron chi connectivity index (χ2n) is 7.64. The number of fused-ring (bicyclic) bond motifs is 1. The van der Waals surface area contributed by atoms with Gasteiger partial charge in [-0.2, -0.15) is 0 Å². The largest absolute Gasteiger partial charge is 0.341 e. The molecule has 1 N–H and O–H groups in total. The van der Waals surface area contributed by atoms with Crippen molar-refractivity contribution in [3.8, 4) is 0 Å². The molecule has 1 heterocycles. The van der Waals surface area contributed by atoms with Gasteiger partial charge in [-0.15, -0.1) is 0 Å². The molecule has 2 aliphatic rings. The van der Waals surface area contributed by atoms with Gasteiger partial charge in [0.2, 0.25) is 5.91 Å². The Morgan fingerprint density at radius 3 is 2.25 bits per heavy atom. The zero-order chi connectivity index (χ0) is 14.7. The van der Waals surface area contributed by atoms with Crippen LogP contribution in [0.1, 0.15) is 59.8 Å². The van der Waals surface area contributed by atoms with Crippen molar-refractivity contribution in [3.05, 3.63) is 0 Å². The Bertz CT molecular complexity index is 303. The van der Waals surface area contributed by atoms with E-state index in [1.807, 2.05) is 0 Å². The second-order valence-corrected chi connectivity index (χ2v) is 7.64. The summed E-state index contributed by atoms with van der Waals surface area (Å²) in [6, 6.07) is 0.693. The lowest BCUT2D eigenvalue weighted by Gasteiger charge is -2.29. The van der Waals surface area contributed by atoms with E-state index in [4.69, 9.17) is 0 Å². The monoisotopic (exact) mass is 280 g/mol. The predicted octanol–water partition coefficient (Wildman–Crippen LogP) is 3.05. The fourth-order valence-corrected chi connectivity index (χ4v) is 3.87. The van der Waals surface area contributed by atoms with Crippen LogP contribution in [0.2, 0.25) is 0 Å². The maximum absolute atomic E-state index is 12.8. The third-order valence-electron chi connectivity index (χ3n) is 4.64. The van der Waals surface area contributed by atoms with Gasteiger partial charge in [-0.1, -0.05) is 40.5 Å². The van der Waals surface area contributed by atoms with Gasteiger partial charge in [-0.3, -0.25) is 4.79 Å². The number of rotatable bonds is 5. The van der Waals surface area contributed by atoms with E-state index in [1.165, 1.54) is 25.7 Å². The Kier molecular flexibility index (Phi) is 5.48. The molecule has 1 aliphatic heterocycles. The van der Waals surface area contributed by atoms with Gasteiger partial charge in [-0.25, -0.2) is 0 Å². The minimum atomic E-state index is 0.0839. The van der Waals surface area contributed by atoms with Gasteiger partial charge in [0.05, 0.1) is 6.04 Å². The third kappa shape index (κ3) is 3.97. The molecule has 3 unspecified atom stereocenters. The molecule has 2 fully saturated rings. The molecule has 1 saturated carbocycles. The first kappa shape index (κ1) is 15.8. The number of carbonyl (C=O) groups excluding carboxylic acids is 1. The van der Waals surface area contributed by atoms with Crippen molar-refractivity contribution in [2.75, 3.05) is 13.1 Å². The molecule has 0 aromatic carbocycles. The zero-order valence-electron chi connectivity index (χ0n) is 13.7. The van der Waals surface area contributed by atoms with Crippen LogP contribution in [0.15, 0.2) is 0 Å². The van der Waals surface area contributed by atoms with E-state index in [9.17, 15) is 4.79 Å². The number of nitrogens with zero attached hydrogens (tertiary/aromatic N) is 1. The Labute approximate surface area is 124 Å². The van der Waals surface area contributed by atoms with Crippen LogP contribution in [0.4, 0.5) is 0 Å². The molecule has 3 atom stereocenters. The molecule has 1 amide bonds. The molecule has 2 rings (SSSR count). The van der Waals surface area contributed by atoms with Gasteiger partial charge in [0.1, 0.15) is 0 Å². The maximum Gasteiger partial charge on any atom is 0.239 e. The Balaban J connectivity index is 1.96. The highest BCUT2D eigenvalue weighted by Crippen LogP contribution is 2.33. The first-order valence-electron chi connectivity index (χ1n) is 8.52. The van der Waals surface area contributed by atoms with Crippen LogP contribution < -0.4 is 5.32 Å². The highest BCUT2D eigenvalue weighted by atomic mass is 16.2. The molecule has 0 spiro atoms. The average Bonchev–Trinajstić information content (AvgIpc) is 2.79. The number of hydrogen-bond acceptors (Lipinski definition) is 2. The number of carbonyl (C=O) groups is 1. The molecule has 0 aromatic heterocycles. The van der Waals surface area contributed by atoms with Crippen LogP contribution in [0.3, 0.4) is 0 Å². The summed E-state index contributed by atoms with van der Waals surface area (Å²) in [5.41, 5.74) is 0. The second kappa shape index (κ2) is 6.93. The fourth-order valence-electron chi connectivity index (χ4n) is 3.87. The van der Waals surface area contributed by atoms with Crippen LogP contribution in [-0.4, -0.2) is 36.0 Å². The van der Waals surface area contributed by atoms with Gasteiger partial charge in [0.15, 0.2) is 0 Å². The van der Waals surface area contributed by atoms with E-state index in [0.29, 0.717) is 23.8 Å². The molecule has 0 radical (unpaired) electrons. The maximum atomic E-state index is 12.8. The lowest BCUT2D eigenvalue weighted by Crippen LogP contribution is -2.47. The van der Waals surface area contributed by atoms with E-state index < -0.39 is 0 Å². The topological polar surface area (TPSA) is 32.3 Å². The van der Waals surface area contributed by atoms with Gasteiger partial charge < -0.3 is 10.2 Å². The number of amides is 1. The van der Waals surface area contributed by atoms with E-state index in [2.05, 4.69) is 37.9 Å². The van der Waals surface area contributed by atoms with E-state index in [0.717, 1.165) is 25.4 Å². The summed E-state index contributed by atoms with van der Waals surface area (Å²) >= 11 is 0. The van der Waals surface area contributed by atoms with Crippen LogP contribution >= 0.6 is 0 Å². The summed E-state index contributed by atoms with van der Waals surface area (Å²) in [6.07, 6.45) is 6.33. The summed E-state index contributed by atoms with van der Waals surface area (Å²) in [5.74, 6) is 2.18. The Hall–Kier alpha value is -0.570. The zero-order valence-corrected chi connectivity index (χ0v) is 13.7. The minimum absolute atomic E-state index is 0.0839. The average molecular weight is 280 g/mol. The molecule has 0 aromatic rings. The molecule has 116 valence electrons. The molecule has 3 heteroatoms. The van der Waals surface area contributed by atoms with E-state index >= 15 is 0 Å². The van der Waals surface area contributed by atoms with Crippen molar-refractivity contribution >= 4 is 5.91 Å². The molecule has 3 nitrogen and oxygen atoms in total. The quantitative estimate of drug-likeness (QED) is 0.839. The summed E-state index contributed by atoms with van der Waals surface area (Å²) in [4.78, 5) is 14.9. The molecule has 1 aliphatic carbocycles. The summed E-state index contributed by atoms with van der Waals surface area (Å²) in [6.45, 7) is 10.6. The highest BCUT2D eigenvalue weighted by molar-refractivity contribution is 5.82. The van der Waals surface area contributed by atoms with Gasteiger partial charge in [0.25, 0.3) is 0 Å². The van der Waals surface area contributed by atoms with Crippen LogP contribution in [-0.2, 0) is 4.79 Å². The smallest absolute Gasteiger partial charge is 0.239 e. The standard InChI is InChI=1S/C17H32N2O/c1-12(2)10-19(11-13(3)4)17(20)16-9-14-7-5-6-8-15(14)18-16/h12-16,18H,5-11H2,1-4H3. The van der Waals surface area contributed by atoms with Crippen LogP contribution in [0.5, 0.6) is 0 Å². The molecular formula is C17H32N2O. The van der Waals surface area contributed by atoms with Crippen molar-refractivity contribution in [1.29, 1.82) is 0 Å². The number of nitrogens with one attached hydrogen (secondary N) is 1. The fraction of sp³-hybridized carbons (Fsp3) is 0.941. The predicted molar refractivity (Wildman–Crippen MR) is 83.5 cm³/mol. The van der Waals surface area contributed by atoms with Gasteiger partial charge in [-0.05, 0) is 37.0 Å². The van der Waals surface area contributed by atoms with Gasteiger partial charge >= 0.3 is 0 Å². The molecule has 0 bridgehead atoms. The molecular weight excluding hydrogens is 248 g/mol. The highest BCUT2D eigenvalue weighted by Gasteiger charge is 2.39. The molecule has 20 heavy (non-hydrogen) atoms. The van der Waals surface area contributed by atoms with Crippen LogP contribution in [0, 0.1) is 17.8 Å². The summed E-state index contributed by atoms with van der Waals surface area (Å²) in [7, 11) is 0. The van der Waals surface area contributed by atoms with Gasteiger partial charge in [0, 0.05) is 19.1 Å². The first-order chi connectivity index (χ1) is 9.47. The third-order valence-corrected chi connectivity index (χ3v) is 4.64. The van der Waals surface area contributed by atoms with E-state index in [-0.39, 0.29) is 6.04 Å². The van der Waals surface area contributed by atoms with E-state index in [1.54, 1.807) is 0 Å². The lowest BCUT2D eigenvalue weighted by atomic mass is 9.85.